The van der Waals surface area contributed by atoms with Crippen molar-refractivity contribution in [1.82, 2.24) is 14.5 Å². The van der Waals surface area contributed by atoms with E-state index in [0.717, 1.165) is 30.0 Å². The first-order valence-corrected chi connectivity index (χ1v) is 7.08. The third-order valence-electron chi connectivity index (χ3n) is 3.01. The number of pyridine rings is 1. The lowest BCUT2D eigenvalue weighted by Gasteiger charge is -2.06. The van der Waals surface area contributed by atoms with Crippen molar-refractivity contribution in [2.24, 2.45) is 0 Å². The van der Waals surface area contributed by atoms with Crippen LogP contribution in [0.3, 0.4) is 0 Å². The van der Waals surface area contributed by atoms with Gasteiger partial charge < -0.3 is 9.30 Å². The van der Waals surface area contributed by atoms with Gasteiger partial charge in [0.15, 0.2) is 5.65 Å². The van der Waals surface area contributed by atoms with Crippen LogP contribution in [0.15, 0.2) is 35.8 Å². The summed E-state index contributed by atoms with van der Waals surface area (Å²) < 4.78 is 7.34. The molecule has 3 aromatic rings. The van der Waals surface area contributed by atoms with E-state index in [4.69, 9.17) is 4.74 Å². The highest BCUT2D eigenvalue weighted by Gasteiger charge is 2.11. The van der Waals surface area contributed by atoms with E-state index in [2.05, 4.69) is 32.0 Å². The Morgan fingerprint density at radius 3 is 3.05 bits per heavy atom. The summed E-state index contributed by atoms with van der Waals surface area (Å²) in [7, 11) is 1.71. The van der Waals surface area contributed by atoms with Gasteiger partial charge in [-0.25, -0.2) is 9.97 Å². The Morgan fingerprint density at radius 2 is 2.26 bits per heavy atom. The third kappa shape index (κ3) is 2.52. The molecule has 0 saturated heterocycles. The van der Waals surface area contributed by atoms with E-state index in [1.165, 1.54) is 4.88 Å². The topological polar surface area (TPSA) is 39.9 Å². The first-order valence-electron chi connectivity index (χ1n) is 6.20. The smallest absolute Gasteiger partial charge is 0.160 e. The Morgan fingerprint density at radius 1 is 1.32 bits per heavy atom. The van der Waals surface area contributed by atoms with E-state index in [1.807, 2.05) is 18.3 Å². The summed E-state index contributed by atoms with van der Waals surface area (Å²) in [4.78, 5) is 10.4. The molecule has 0 spiro atoms. The molecular weight excluding hydrogens is 258 g/mol. The van der Waals surface area contributed by atoms with E-state index in [-0.39, 0.29) is 0 Å². The van der Waals surface area contributed by atoms with Gasteiger partial charge in [0.25, 0.3) is 0 Å². The number of imidazole rings is 1. The first kappa shape index (κ1) is 12.3. The van der Waals surface area contributed by atoms with Gasteiger partial charge in [0.1, 0.15) is 11.3 Å². The maximum absolute atomic E-state index is 5.16. The van der Waals surface area contributed by atoms with Crippen molar-refractivity contribution in [3.8, 4) is 0 Å². The minimum absolute atomic E-state index is 0.674. The third-order valence-corrected chi connectivity index (χ3v) is 3.87. The van der Waals surface area contributed by atoms with E-state index < -0.39 is 0 Å². The molecule has 3 heterocycles. The zero-order valence-electron chi connectivity index (χ0n) is 10.7. The Labute approximate surface area is 115 Å². The molecule has 19 heavy (non-hydrogen) atoms. The molecule has 0 saturated carbocycles. The molecule has 0 radical (unpaired) electrons. The zero-order chi connectivity index (χ0) is 13.1. The molecule has 98 valence electrons. The summed E-state index contributed by atoms with van der Waals surface area (Å²) in [6, 6.07) is 8.13. The van der Waals surface area contributed by atoms with E-state index in [1.54, 1.807) is 18.4 Å². The van der Waals surface area contributed by atoms with Crippen LogP contribution >= 0.6 is 11.3 Å². The highest BCUT2D eigenvalue weighted by molar-refractivity contribution is 7.09. The standard InChI is InChI=1S/C14H15N3OS/c1-18-8-6-13-16-12-5-2-7-15-14(12)17(13)10-11-4-3-9-19-11/h2-5,7,9H,6,8,10H2,1H3. The minimum Gasteiger partial charge on any atom is -0.384 e. The fourth-order valence-corrected chi connectivity index (χ4v) is 2.81. The molecule has 0 aromatic carbocycles. The average molecular weight is 273 g/mol. The molecule has 0 unspecified atom stereocenters. The zero-order valence-corrected chi connectivity index (χ0v) is 11.6. The lowest BCUT2D eigenvalue weighted by atomic mass is 10.4. The van der Waals surface area contributed by atoms with Gasteiger partial charge in [-0.05, 0) is 23.6 Å². The number of aromatic nitrogens is 3. The van der Waals surface area contributed by atoms with Gasteiger partial charge in [-0.1, -0.05) is 6.07 Å². The summed E-state index contributed by atoms with van der Waals surface area (Å²) in [6.07, 6.45) is 2.62. The van der Waals surface area contributed by atoms with E-state index in [9.17, 15) is 0 Å². The number of methoxy groups -OCH3 is 1. The quantitative estimate of drug-likeness (QED) is 0.717. The average Bonchev–Trinajstić information content (AvgIpc) is 3.06. The number of ether oxygens (including phenoxy) is 1. The van der Waals surface area contributed by atoms with Gasteiger partial charge in [-0.15, -0.1) is 11.3 Å². The van der Waals surface area contributed by atoms with Gasteiger partial charge in [0, 0.05) is 24.6 Å². The first-order chi connectivity index (χ1) is 9.38. The molecule has 3 aromatic heterocycles. The molecule has 5 heteroatoms. The monoisotopic (exact) mass is 273 g/mol. The summed E-state index contributed by atoms with van der Waals surface area (Å²) >= 11 is 1.75. The van der Waals surface area contributed by atoms with Crippen LogP contribution in [0.5, 0.6) is 0 Å². The summed E-state index contributed by atoms with van der Waals surface area (Å²) in [5.41, 5.74) is 1.90. The molecule has 4 nitrogen and oxygen atoms in total. The summed E-state index contributed by atoms with van der Waals surface area (Å²) in [6.45, 7) is 1.50. The van der Waals surface area contributed by atoms with Crippen LogP contribution in [-0.4, -0.2) is 28.3 Å². The molecular formula is C14H15N3OS. The normalized spacial score (nSPS) is 11.2. The van der Waals surface area contributed by atoms with Gasteiger partial charge >= 0.3 is 0 Å². The summed E-state index contributed by atoms with van der Waals surface area (Å²) in [5.74, 6) is 1.03. The maximum atomic E-state index is 5.16. The Bertz CT molecular complexity index is 660. The Hall–Kier alpha value is -1.72. The number of thiophene rings is 1. The van der Waals surface area contributed by atoms with Crippen LogP contribution in [0.25, 0.3) is 11.2 Å². The van der Waals surface area contributed by atoms with Crippen LogP contribution in [0.1, 0.15) is 10.7 Å². The number of rotatable bonds is 5. The SMILES string of the molecule is COCCc1nc2cccnc2n1Cc1cccs1. The molecule has 0 bridgehead atoms. The summed E-state index contributed by atoms with van der Waals surface area (Å²) in [5, 5.41) is 2.09. The van der Waals surface area contributed by atoms with Crippen molar-refractivity contribution in [3.63, 3.8) is 0 Å². The van der Waals surface area contributed by atoms with Crippen molar-refractivity contribution in [2.45, 2.75) is 13.0 Å². The highest BCUT2D eigenvalue weighted by Crippen LogP contribution is 2.18. The lowest BCUT2D eigenvalue weighted by molar-refractivity contribution is 0.200. The predicted molar refractivity (Wildman–Crippen MR) is 76.5 cm³/mol. The van der Waals surface area contributed by atoms with Crippen molar-refractivity contribution < 1.29 is 4.74 Å². The molecule has 0 aliphatic heterocycles. The largest absolute Gasteiger partial charge is 0.384 e. The van der Waals surface area contributed by atoms with Gasteiger partial charge in [0.2, 0.25) is 0 Å². The van der Waals surface area contributed by atoms with Crippen molar-refractivity contribution in [2.75, 3.05) is 13.7 Å². The fourth-order valence-electron chi connectivity index (χ4n) is 2.11. The minimum atomic E-state index is 0.674. The Balaban J connectivity index is 2.02. The fraction of sp³-hybridized carbons (Fsp3) is 0.286. The number of fused-ring (bicyclic) bond motifs is 1. The molecule has 0 amide bonds. The van der Waals surface area contributed by atoms with E-state index in [0.29, 0.717) is 6.61 Å². The van der Waals surface area contributed by atoms with Gasteiger partial charge in [-0.2, -0.15) is 0 Å². The molecule has 0 aliphatic carbocycles. The van der Waals surface area contributed by atoms with Crippen LogP contribution < -0.4 is 0 Å². The molecule has 0 fully saturated rings. The second-order valence-corrected chi connectivity index (χ2v) is 5.31. The van der Waals surface area contributed by atoms with Crippen molar-refractivity contribution >= 4 is 22.5 Å². The highest BCUT2D eigenvalue weighted by atomic mass is 32.1. The van der Waals surface area contributed by atoms with Crippen molar-refractivity contribution in [1.29, 1.82) is 0 Å². The van der Waals surface area contributed by atoms with Gasteiger partial charge in [-0.3, -0.25) is 0 Å². The molecule has 0 aliphatic rings. The molecule has 3 rings (SSSR count). The maximum Gasteiger partial charge on any atom is 0.160 e. The second-order valence-electron chi connectivity index (χ2n) is 4.28. The van der Waals surface area contributed by atoms with Gasteiger partial charge in [0.05, 0.1) is 13.2 Å². The predicted octanol–water partition coefficient (Wildman–Crippen LogP) is 2.73. The van der Waals surface area contributed by atoms with Crippen LogP contribution in [0, 0.1) is 0 Å². The number of nitrogens with zero attached hydrogens (tertiary/aromatic N) is 3. The number of hydrogen-bond acceptors (Lipinski definition) is 4. The molecule has 0 atom stereocenters. The van der Waals surface area contributed by atoms with E-state index >= 15 is 0 Å². The number of hydrogen-bond donors (Lipinski definition) is 0. The Kier molecular flexibility index (Phi) is 3.57. The second kappa shape index (κ2) is 5.50. The molecule has 0 N–H and O–H groups in total. The van der Waals surface area contributed by atoms with Crippen LogP contribution in [-0.2, 0) is 17.7 Å². The van der Waals surface area contributed by atoms with Crippen LogP contribution in [0.2, 0.25) is 0 Å². The lowest BCUT2D eigenvalue weighted by Crippen LogP contribution is -2.07. The van der Waals surface area contributed by atoms with Crippen LogP contribution in [0.4, 0.5) is 0 Å². The van der Waals surface area contributed by atoms with Crippen molar-refractivity contribution in [3.05, 3.63) is 46.5 Å².